The van der Waals surface area contributed by atoms with Crippen LogP contribution in [0.3, 0.4) is 0 Å². The van der Waals surface area contributed by atoms with Crippen LogP contribution in [0, 0.1) is 27.7 Å². The summed E-state index contributed by atoms with van der Waals surface area (Å²) in [7, 11) is 0. The Labute approximate surface area is 142 Å². The quantitative estimate of drug-likeness (QED) is 0.877. The normalized spacial score (nSPS) is 17.5. The Bertz CT molecular complexity index is 826. The Morgan fingerprint density at radius 3 is 2.33 bits per heavy atom. The fourth-order valence-electron chi connectivity index (χ4n) is 2.96. The van der Waals surface area contributed by atoms with E-state index in [1.807, 2.05) is 64.1 Å². The number of amides is 2. The number of nitrogens with one attached hydrogen (secondary N) is 1. The molecule has 2 amide bonds. The van der Waals surface area contributed by atoms with E-state index in [9.17, 15) is 9.59 Å². The summed E-state index contributed by atoms with van der Waals surface area (Å²) in [6.45, 7) is 7.99. The van der Waals surface area contributed by atoms with Crippen LogP contribution in [0.25, 0.3) is 0 Å². The van der Waals surface area contributed by atoms with Gasteiger partial charge in [-0.05, 0) is 68.1 Å². The number of hydrogen-bond acceptors (Lipinski definition) is 3. The van der Waals surface area contributed by atoms with Gasteiger partial charge in [-0.3, -0.25) is 9.59 Å². The number of nitrogens with zero attached hydrogens (tertiary/aromatic N) is 1. The minimum atomic E-state index is -0.514. The molecule has 124 valence electrons. The molecule has 24 heavy (non-hydrogen) atoms. The average molecular weight is 322 g/mol. The molecule has 1 heterocycles. The first-order chi connectivity index (χ1) is 11.4. The molecule has 0 aliphatic carbocycles. The maximum Gasteiger partial charge on any atom is 0.256 e. The number of benzene rings is 2. The molecule has 0 unspecified atom stereocenters. The van der Waals surface area contributed by atoms with E-state index in [4.69, 9.17) is 0 Å². The predicted octanol–water partition coefficient (Wildman–Crippen LogP) is 3.66. The number of carbonyl (C=O) groups excluding carboxylic acids is 2. The van der Waals surface area contributed by atoms with Crippen LogP contribution in [0.4, 0.5) is 11.4 Å². The molecular formula is C20H22N2O2. The van der Waals surface area contributed by atoms with Gasteiger partial charge >= 0.3 is 0 Å². The first kappa shape index (κ1) is 16.2. The predicted molar refractivity (Wildman–Crippen MR) is 96.4 cm³/mol. The molecule has 0 bridgehead atoms. The van der Waals surface area contributed by atoms with Crippen molar-refractivity contribution in [3.63, 3.8) is 0 Å². The zero-order valence-electron chi connectivity index (χ0n) is 14.5. The largest absolute Gasteiger partial charge is 0.373 e. The Kier molecular flexibility index (Phi) is 4.14. The summed E-state index contributed by atoms with van der Waals surface area (Å²) in [5, 5.41) is 3.24. The van der Waals surface area contributed by atoms with Gasteiger partial charge in [0, 0.05) is 5.69 Å². The Morgan fingerprint density at radius 1 is 0.917 bits per heavy atom. The second kappa shape index (κ2) is 6.11. The molecule has 1 aliphatic rings. The molecule has 4 nitrogen and oxygen atoms in total. The van der Waals surface area contributed by atoms with Gasteiger partial charge in [-0.2, -0.15) is 0 Å². The molecule has 1 atom stereocenters. The van der Waals surface area contributed by atoms with Gasteiger partial charge in [0.05, 0.1) is 12.1 Å². The lowest BCUT2D eigenvalue weighted by Gasteiger charge is -2.18. The van der Waals surface area contributed by atoms with Crippen molar-refractivity contribution in [3.8, 4) is 0 Å². The molecule has 1 aliphatic heterocycles. The van der Waals surface area contributed by atoms with Crippen LogP contribution in [0.1, 0.15) is 28.7 Å². The number of rotatable bonds is 3. The van der Waals surface area contributed by atoms with Crippen LogP contribution in [0.15, 0.2) is 36.4 Å². The first-order valence-electron chi connectivity index (χ1n) is 8.14. The van der Waals surface area contributed by atoms with Gasteiger partial charge < -0.3 is 5.32 Å². The molecule has 1 N–H and O–H groups in total. The van der Waals surface area contributed by atoms with Gasteiger partial charge in [0.15, 0.2) is 0 Å². The average Bonchev–Trinajstić information content (AvgIpc) is 2.80. The summed E-state index contributed by atoms with van der Waals surface area (Å²) in [4.78, 5) is 26.5. The van der Waals surface area contributed by atoms with Gasteiger partial charge in [-0.15, -0.1) is 0 Å². The lowest BCUT2D eigenvalue weighted by atomic mass is 10.1. The van der Waals surface area contributed by atoms with Crippen LogP contribution >= 0.6 is 0 Å². The van der Waals surface area contributed by atoms with Gasteiger partial charge in [0.2, 0.25) is 5.91 Å². The second-order valence-corrected chi connectivity index (χ2v) is 6.56. The van der Waals surface area contributed by atoms with Gasteiger partial charge in [0.25, 0.3) is 5.91 Å². The lowest BCUT2D eigenvalue weighted by Crippen LogP contribution is -2.35. The smallest absolute Gasteiger partial charge is 0.256 e. The monoisotopic (exact) mass is 322 g/mol. The number of carbonyl (C=O) groups is 2. The zero-order chi connectivity index (χ0) is 17.4. The van der Waals surface area contributed by atoms with Crippen LogP contribution in [0.5, 0.6) is 0 Å². The number of imide groups is 1. The van der Waals surface area contributed by atoms with Gasteiger partial charge in [0.1, 0.15) is 6.04 Å². The van der Waals surface area contributed by atoms with Gasteiger partial charge in [-0.1, -0.05) is 18.2 Å². The summed E-state index contributed by atoms with van der Waals surface area (Å²) in [5.41, 5.74) is 5.94. The van der Waals surface area contributed by atoms with E-state index in [0.29, 0.717) is 5.69 Å². The first-order valence-corrected chi connectivity index (χ1v) is 8.14. The molecule has 0 aromatic heterocycles. The molecule has 1 fully saturated rings. The van der Waals surface area contributed by atoms with E-state index in [2.05, 4.69) is 5.32 Å². The Balaban J connectivity index is 1.86. The van der Waals surface area contributed by atoms with Crippen LogP contribution in [-0.4, -0.2) is 17.9 Å². The maximum absolute atomic E-state index is 12.8. The Hall–Kier alpha value is -2.62. The molecule has 3 rings (SSSR count). The minimum absolute atomic E-state index is 0.161. The fraction of sp³-hybridized carbons (Fsp3) is 0.300. The van der Waals surface area contributed by atoms with Crippen molar-refractivity contribution in [2.75, 3.05) is 10.2 Å². The molecule has 2 aromatic rings. The minimum Gasteiger partial charge on any atom is -0.373 e. The molecule has 0 radical (unpaired) electrons. The molecule has 0 spiro atoms. The molecule has 0 saturated carbocycles. The van der Waals surface area contributed by atoms with Crippen molar-refractivity contribution >= 4 is 23.2 Å². The Morgan fingerprint density at radius 2 is 1.62 bits per heavy atom. The summed E-state index contributed by atoms with van der Waals surface area (Å²) < 4.78 is 0. The highest BCUT2D eigenvalue weighted by Crippen LogP contribution is 2.27. The fourth-order valence-corrected chi connectivity index (χ4v) is 2.96. The summed E-state index contributed by atoms with van der Waals surface area (Å²) in [6, 6.07) is 11.2. The van der Waals surface area contributed by atoms with E-state index in [0.717, 1.165) is 27.9 Å². The van der Waals surface area contributed by atoms with Crippen LogP contribution < -0.4 is 10.2 Å². The summed E-state index contributed by atoms with van der Waals surface area (Å²) >= 11 is 0. The van der Waals surface area contributed by atoms with Crippen molar-refractivity contribution in [1.82, 2.24) is 0 Å². The topological polar surface area (TPSA) is 49.4 Å². The second-order valence-electron chi connectivity index (χ2n) is 6.56. The lowest BCUT2D eigenvalue weighted by molar-refractivity contribution is -0.121. The summed E-state index contributed by atoms with van der Waals surface area (Å²) in [6.07, 6.45) is 0.180. The van der Waals surface area contributed by atoms with Crippen molar-refractivity contribution < 1.29 is 9.59 Å². The highest BCUT2D eigenvalue weighted by Gasteiger charge is 2.39. The van der Waals surface area contributed by atoms with Crippen LogP contribution in [-0.2, 0) is 9.59 Å². The van der Waals surface area contributed by atoms with Crippen molar-refractivity contribution in [3.05, 3.63) is 58.7 Å². The van der Waals surface area contributed by atoms with E-state index in [-0.39, 0.29) is 18.2 Å². The molecular weight excluding hydrogens is 300 g/mol. The third-order valence-electron chi connectivity index (χ3n) is 4.62. The highest BCUT2D eigenvalue weighted by atomic mass is 16.2. The van der Waals surface area contributed by atoms with Crippen molar-refractivity contribution in [2.24, 2.45) is 0 Å². The zero-order valence-corrected chi connectivity index (χ0v) is 14.5. The third-order valence-corrected chi connectivity index (χ3v) is 4.62. The molecule has 4 heteroatoms. The standard InChI is InChI=1S/C20H22N2O2/c1-12-5-6-14(3)17(9-12)21-18-11-19(23)22(20(18)24)16-8-7-13(2)15(4)10-16/h5-10,18,21H,11H2,1-4H3/t18-/m0/s1. The number of anilines is 2. The molecule has 2 aromatic carbocycles. The van der Waals surface area contributed by atoms with E-state index in [1.165, 1.54) is 4.90 Å². The van der Waals surface area contributed by atoms with E-state index in [1.54, 1.807) is 0 Å². The molecule has 1 saturated heterocycles. The SMILES string of the molecule is Cc1ccc(C)c(N[C@H]2CC(=O)N(c3ccc(C)c(C)c3)C2=O)c1. The maximum atomic E-state index is 12.8. The van der Waals surface area contributed by atoms with Crippen LogP contribution in [0.2, 0.25) is 0 Å². The van der Waals surface area contributed by atoms with Gasteiger partial charge in [-0.25, -0.2) is 4.90 Å². The van der Waals surface area contributed by atoms with E-state index >= 15 is 0 Å². The highest BCUT2D eigenvalue weighted by molar-refractivity contribution is 6.23. The number of aryl methyl sites for hydroxylation is 4. The summed E-state index contributed by atoms with van der Waals surface area (Å²) in [5.74, 6) is -0.352. The number of hydrogen-bond donors (Lipinski definition) is 1. The van der Waals surface area contributed by atoms with E-state index < -0.39 is 6.04 Å². The van der Waals surface area contributed by atoms with Crippen molar-refractivity contribution in [1.29, 1.82) is 0 Å². The van der Waals surface area contributed by atoms with Crippen molar-refractivity contribution in [2.45, 2.75) is 40.2 Å². The third kappa shape index (κ3) is 2.92.